The summed E-state index contributed by atoms with van der Waals surface area (Å²) in [7, 11) is 0. The van der Waals surface area contributed by atoms with Crippen LogP contribution in [-0.2, 0) is 0 Å². The first-order chi connectivity index (χ1) is 6.39. The van der Waals surface area contributed by atoms with Gasteiger partial charge in [-0.05, 0) is 32.9 Å². The lowest BCUT2D eigenvalue weighted by Gasteiger charge is -2.33. The number of rotatable bonds is 2. The van der Waals surface area contributed by atoms with Crippen molar-refractivity contribution in [2.24, 2.45) is 5.92 Å². The molecule has 1 saturated heterocycles. The van der Waals surface area contributed by atoms with Gasteiger partial charge in [-0.3, -0.25) is 0 Å². The molecule has 0 aromatic carbocycles. The van der Waals surface area contributed by atoms with E-state index < -0.39 is 18.2 Å². The highest BCUT2D eigenvalue weighted by molar-refractivity contribution is 4.77. The second-order valence-corrected chi connectivity index (χ2v) is 3.97. The zero-order valence-corrected chi connectivity index (χ0v) is 8.22. The van der Waals surface area contributed by atoms with Crippen molar-refractivity contribution in [2.75, 3.05) is 19.6 Å². The molecule has 0 aromatic rings. The molecule has 84 valence electrons. The normalized spacial score (nSPS) is 23.8. The van der Waals surface area contributed by atoms with Crippen LogP contribution in [0.2, 0.25) is 0 Å². The zero-order valence-electron chi connectivity index (χ0n) is 8.22. The number of likely N-dealkylation sites (tertiary alicyclic amines) is 1. The van der Waals surface area contributed by atoms with E-state index in [9.17, 15) is 13.2 Å². The van der Waals surface area contributed by atoms with Gasteiger partial charge >= 0.3 is 6.18 Å². The number of β-amino-alcohol motifs (C(OH)–C–C–N with tert-alkyl or cyclic N) is 1. The van der Waals surface area contributed by atoms with Crippen LogP contribution >= 0.6 is 0 Å². The number of hydrogen-bond acceptors (Lipinski definition) is 2. The molecule has 0 aliphatic carbocycles. The van der Waals surface area contributed by atoms with Crippen molar-refractivity contribution in [3.8, 4) is 0 Å². The predicted molar refractivity (Wildman–Crippen MR) is 46.9 cm³/mol. The quantitative estimate of drug-likeness (QED) is 0.750. The maximum absolute atomic E-state index is 12.3. The highest BCUT2D eigenvalue weighted by atomic mass is 19.4. The predicted octanol–water partition coefficient (Wildman–Crippen LogP) is 1.64. The number of aliphatic hydroxyl groups excluding tert-OH is 1. The zero-order chi connectivity index (χ0) is 10.8. The van der Waals surface area contributed by atoms with Gasteiger partial charge in [-0.15, -0.1) is 0 Å². The summed E-state index contributed by atoms with van der Waals surface area (Å²) in [5.74, 6) is -1.15. The molecule has 14 heavy (non-hydrogen) atoms. The molecule has 1 heterocycles. The van der Waals surface area contributed by atoms with Gasteiger partial charge in [-0.1, -0.05) is 0 Å². The fourth-order valence-electron chi connectivity index (χ4n) is 1.82. The van der Waals surface area contributed by atoms with E-state index in [2.05, 4.69) is 0 Å². The second kappa shape index (κ2) is 4.49. The molecule has 0 amide bonds. The molecule has 1 unspecified atom stereocenters. The van der Waals surface area contributed by atoms with E-state index in [1.54, 1.807) is 6.92 Å². The minimum Gasteiger partial charge on any atom is -0.392 e. The van der Waals surface area contributed by atoms with Gasteiger partial charge in [0, 0.05) is 6.54 Å². The maximum Gasteiger partial charge on any atom is 0.391 e. The van der Waals surface area contributed by atoms with E-state index in [0.29, 0.717) is 19.6 Å². The summed E-state index contributed by atoms with van der Waals surface area (Å²) in [5, 5.41) is 9.07. The van der Waals surface area contributed by atoms with E-state index in [0.717, 1.165) is 0 Å². The Labute approximate surface area is 81.7 Å². The summed E-state index contributed by atoms with van der Waals surface area (Å²) in [5.41, 5.74) is 0. The molecule has 1 rings (SSSR count). The van der Waals surface area contributed by atoms with Gasteiger partial charge < -0.3 is 10.0 Å². The lowest BCUT2D eigenvalue weighted by molar-refractivity contribution is -0.185. The summed E-state index contributed by atoms with van der Waals surface area (Å²) in [6.45, 7) is 3.00. The van der Waals surface area contributed by atoms with Gasteiger partial charge in [-0.2, -0.15) is 13.2 Å². The van der Waals surface area contributed by atoms with Gasteiger partial charge in [-0.25, -0.2) is 0 Å². The van der Waals surface area contributed by atoms with Crippen LogP contribution in [0.3, 0.4) is 0 Å². The molecule has 2 nitrogen and oxygen atoms in total. The summed E-state index contributed by atoms with van der Waals surface area (Å²) in [6, 6.07) is 0. The van der Waals surface area contributed by atoms with Crippen LogP contribution in [0.5, 0.6) is 0 Å². The van der Waals surface area contributed by atoms with Gasteiger partial charge in [0.2, 0.25) is 0 Å². The van der Waals surface area contributed by atoms with Crippen LogP contribution < -0.4 is 0 Å². The van der Waals surface area contributed by atoms with Crippen molar-refractivity contribution in [1.29, 1.82) is 0 Å². The van der Waals surface area contributed by atoms with Crippen LogP contribution in [0.25, 0.3) is 0 Å². The minimum absolute atomic E-state index is 0.163. The average Bonchev–Trinajstić information content (AvgIpc) is 2.02. The van der Waals surface area contributed by atoms with E-state index in [4.69, 9.17) is 5.11 Å². The Morgan fingerprint density at radius 2 is 1.86 bits per heavy atom. The molecule has 1 N–H and O–H groups in total. The van der Waals surface area contributed by atoms with Gasteiger partial charge in [0.05, 0.1) is 12.0 Å². The molecule has 5 heteroatoms. The molecular formula is C9H16F3NO. The molecular weight excluding hydrogens is 195 g/mol. The molecule has 0 saturated carbocycles. The Kier molecular flexibility index (Phi) is 3.78. The monoisotopic (exact) mass is 211 g/mol. The van der Waals surface area contributed by atoms with E-state index in [1.165, 1.54) is 0 Å². The number of aliphatic hydroxyl groups is 1. The Bertz CT molecular complexity index is 173. The number of hydrogen-bond donors (Lipinski definition) is 1. The van der Waals surface area contributed by atoms with Crippen molar-refractivity contribution in [3.63, 3.8) is 0 Å². The summed E-state index contributed by atoms with van der Waals surface area (Å²) in [4.78, 5) is 1.88. The summed E-state index contributed by atoms with van der Waals surface area (Å²) < 4.78 is 36.8. The molecule has 1 fully saturated rings. The third-order valence-corrected chi connectivity index (χ3v) is 2.57. The molecule has 0 radical (unpaired) electrons. The van der Waals surface area contributed by atoms with Crippen LogP contribution in [0, 0.1) is 5.92 Å². The molecule has 1 aliphatic heterocycles. The smallest absolute Gasteiger partial charge is 0.391 e. The van der Waals surface area contributed by atoms with Crippen LogP contribution in [-0.4, -0.2) is 41.9 Å². The fourth-order valence-corrected chi connectivity index (χ4v) is 1.82. The first-order valence-corrected chi connectivity index (χ1v) is 4.86. The lowest BCUT2D eigenvalue weighted by Crippen LogP contribution is -2.41. The molecule has 1 aliphatic rings. The number of alkyl halides is 3. The first kappa shape index (κ1) is 11.8. The third kappa shape index (κ3) is 3.46. The molecule has 1 atom stereocenters. The highest BCUT2D eigenvalue weighted by Crippen LogP contribution is 2.33. The Hall–Kier alpha value is -0.290. The van der Waals surface area contributed by atoms with E-state index in [-0.39, 0.29) is 12.8 Å². The Morgan fingerprint density at radius 1 is 1.36 bits per heavy atom. The van der Waals surface area contributed by atoms with Crippen molar-refractivity contribution >= 4 is 0 Å². The van der Waals surface area contributed by atoms with Crippen LogP contribution in [0.1, 0.15) is 19.8 Å². The van der Waals surface area contributed by atoms with E-state index in [1.807, 2.05) is 4.90 Å². The number of halogens is 3. The van der Waals surface area contributed by atoms with Gasteiger partial charge in [0.15, 0.2) is 0 Å². The first-order valence-electron chi connectivity index (χ1n) is 4.86. The minimum atomic E-state index is -4.04. The Balaban J connectivity index is 2.31. The largest absolute Gasteiger partial charge is 0.392 e. The standard InChI is InChI=1S/C9H16F3NO/c1-7(14)6-13-4-2-8(3-5-13)9(10,11)12/h7-8,14H,2-6H2,1H3. The fraction of sp³-hybridized carbons (Fsp3) is 1.00. The number of nitrogens with zero attached hydrogens (tertiary/aromatic N) is 1. The highest BCUT2D eigenvalue weighted by Gasteiger charge is 2.40. The third-order valence-electron chi connectivity index (χ3n) is 2.57. The molecule has 0 aromatic heterocycles. The SMILES string of the molecule is CC(O)CN1CCC(C(F)(F)F)CC1. The van der Waals surface area contributed by atoms with Crippen molar-refractivity contribution < 1.29 is 18.3 Å². The lowest BCUT2D eigenvalue weighted by atomic mass is 9.96. The Morgan fingerprint density at radius 3 is 2.21 bits per heavy atom. The summed E-state index contributed by atoms with van der Waals surface area (Å²) in [6.07, 6.45) is -4.18. The average molecular weight is 211 g/mol. The van der Waals surface area contributed by atoms with E-state index >= 15 is 0 Å². The van der Waals surface area contributed by atoms with Gasteiger partial charge in [0.25, 0.3) is 0 Å². The van der Waals surface area contributed by atoms with Crippen LogP contribution in [0.4, 0.5) is 13.2 Å². The topological polar surface area (TPSA) is 23.5 Å². The van der Waals surface area contributed by atoms with Crippen LogP contribution in [0.15, 0.2) is 0 Å². The van der Waals surface area contributed by atoms with Crippen molar-refractivity contribution in [1.82, 2.24) is 4.90 Å². The molecule has 0 spiro atoms. The van der Waals surface area contributed by atoms with Crippen molar-refractivity contribution in [3.05, 3.63) is 0 Å². The molecule has 0 bridgehead atoms. The second-order valence-electron chi connectivity index (χ2n) is 3.97. The maximum atomic E-state index is 12.3. The number of piperidine rings is 1. The summed E-state index contributed by atoms with van der Waals surface area (Å²) >= 11 is 0. The van der Waals surface area contributed by atoms with Gasteiger partial charge in [0.1, 0.15) is 0 Å². The van der Waals surface area contributed by atoms with Crippen molar-refractivity contribution in [2.45, 2.75) is 32.0 Å².